The third kappa shape index (κ3) is 5.25. The van der Waals surface area contributed by atoms with Crippen molar-refractivity contribution in [2.24, 2.45) is 5.73 Å². The normalized spacial score (nSPS) is 27.5. The molecule has 1 aromatic carbocycles. The van der Waals surface area contributed by atoms with Crippen molar-refractivity contribution in [3.8, 4) is 11.5 Å². The molecule has 8 nitrogen and oxygen atoms in total. The van der Waals surface area contributed by atoms with Gasteiger partial charge >= 0.3 is 6.09 Å². The van der Waals surface area contributed by atoms with Gasteiger partial charge in [-0.2, -0.15) is 0 Å². The number of alkyl carbamates (subject to hydrolysis) is 1. The molecule has 4 rings (SSSR count). The number of rotatable bonds is 5. The molecule has 5 atom stereocenters. The molecule has 31 heavy (non-hydrogen) atoms. The van der Waals surface area contributed by atoms with Crippen molar-refractivity contribution in [3.05, 3.63) is 23.8 Å². The van der Waals surface area contributed by atoms with E-state index in [9.17, 15) is 9.90 Å². The lowest BCUT2D eigenvalue weighted by Crippen LogP contribution is -2.54. The lowest BCUT2D eigenvalue weighted by atomic mass is 9.95. The van der Waals surface area contributed by atoms with Crippen molar-refractivity contribution in [2.75, 3.05) is 19.8 Å². The smallest absolute Gasteiger partial charge is 0.407 e. The van der Waals surface area contributed by atoms with E-state index in [1.54, 1.807) is 0 Å². The average molecular weight is 434 g/mol. The number of aliphatic hydroxyl groups is 1. The summed E-state index contributed by atoms with van der Waals surface area (Å²) in [6, 6.07) is 5.92. The first-order valence-electron chi connectivity index (χ1n) is 11.3. The summed E-state index contributed by atoms with van der Waals surface area (Å²) in [6.07, 6.45) is 2.79. The molecular weight excluding hydrogens is 398 g/mol. The van der Waals surface area contributed by atoms with Crippen LogP contribution in [0.25, 0.3) is 0 Å². The van der Waals surface area contributed by atoms with Crippen LogP contribution in [0.15, 0.2) is 18.2 Å². The Morgan fingerprint density at radius 2 is 1.87 bits per heavy atom. The molecule has 0 spiro atoms. The summed E-state index contributed by atoms with van der Waals surface area (Å²) >= 11 is 0. The summed E-state index contributed by atoms with van der Waals surface area (Å²) in [5, 5.41) is 13.9. The van der Waals surface area contributed by atoms with Crippen LogP contribution in [0.1, 0.15) is 58.1 Å². The van der Waals surface area contributed by atoms with Gasteiger partial charge in [0.1, 0.15) is 18.8 Å². The van der Waals surface area contributed by atoms with Crippen LogP contribution in [-0.2, 0) is 4.74 Å². The lowest BCUT2D eigenvalue weighted by Gasteiger charge is -2.41. The quantitative estimate of drug-likeness (QED) is 0.654. The number of hydrogen-bond donors (Lipinski definition) is 3. The summed E-state index contributed by atoms with van der Waals surface area (Å²) in [5.74, 6) is 1.36. The van der Waals surface area contributed by atoms with E-state index in [0.29, 0.717) is 43.3 Å². The number of nitrogens with zero attached hydrogens (tertiary/aromatic N) is 1. The Bertz CT molecular complexity index is 782. The van der Waals surface area contributed by atoms with E-state index in [4.69, 9.17) is 19.9 Å². The van der Waals surface area contributed by atoms with Crippen molar-refractivity contribution in [1.29, 1.82) is 0 Å². The Morgan fingerprint density at radius 1 is 1.23 bits per heavy atom. The highest BCUT2D eigenvalue weighted by Crippen LogP contribution is 2.37. The van der Waals surface area contributed by atoms with E-state index in [2.05, 4.69) is 10.2 Å². The van der Waals surface area contributed by atoms with Crippen LogP contribution in [0.5, 0.6) is 11.5 Å². The average Bonchev–Trinajstić information content (AvgIpc) is 2.93. The first kappa shape index (κ1) is 22.2. The molecule has 0 aromatic heterocycles. The minimum absolute atomic E-state index is 0.113. The number of carbonyl (C=O) groups is 1. The van der Waals surface area contributed by atoms with E-state index in [1.165, 1.54) is 0 Å². The first-order valence-corrected chi connectivity index (χ1v) is 11.3. The van der Waals surface area contributed by atoms with Gasteiger partial charge in [-0.05, 0) is 64.2 Å². The number of aliphatic hydroxyl groups excluding tert-OH is 1. The maximum Gasteiger partial charge on any atom is 0.407 e. The summed E-state index contributed by atoms with van der Waals surface area (Å²) < 4.78 is 16.6. The molecule has 0 radical (unpaired) electrons. The number of carbonyl (C=O) groups excluding carboxylic acids is 1. The van der Waals surface area contributed by atoms with Crippen molar-refractivity contribution in [1.82, 2.24) is 10.2 Å². The fraction of sp³-hybridized carbons (Fsp3) is 0.696. The SMILES string of the molecule is CC(C)(C)OC(=O)NC1CC2CC[C@H](C1)N2C[C@@H](N)[C@H](O)c1ccc2c(c1)OCCO2. The number of piperidine rings is 1. The van der Waals surface area contributed by atoms with E-state index in [1.807, 2.05) is 39.0 Å². The zero-order chi connectivity index (χ0) is 22.2. The van der Waals surface area contributed by atoms with Crippen molar-refractivity contribution >= 4 is 6.09 Å². The van der Waals surface area contributed by atoms with Crippen LogP contribution >= 0.6 is 0 Å². The molecule has 3 aliphatic heterocycles. The Morgan fingerprint density at radius 3 is 2.52 bits per heavy atom. The zero-order valence-electron chi connectivity index (χ0n) is 18.7. The lowest BCUT2D eigenvalue weighted by molar-refractivity contribution is 0.0409. The molecule has 2 unspecified atom stereocenters. The second-order valence-electron chi connectivity index (χ2n) is 9.91. The predicted octanol–water partition coefficient (Wildman–Crippen LogP) is 2.34. The van der Waals surface area contributed by atoms with E-state index in [0.717, 1.165) is 31.2 Å². The minimum Gasteiger partial charge on any atom is -0.486 e. The van der Waals surface area contributed by atoms with Gasteiger partial charge in [-0.1, -0.05) is 6.07 Å². The molecule has 1 amide bonds. The Labute approximate surface area is 184 Å². The summed E-state index contributed by atoms with van der Waals surface area (Å²) in [4.78, 5) is 14.6. The second-order valence-corrected chi connectivity index (χ2v) is 9.91. The molecular formula is C23H35N3O5. The molecule has 0 aliphatic carbocycles. The summed E-state index contributed by atoms with van der Waals surface area (Å²) in [5.41, 5.74) is 6.68. The van der Waals surface area contributed by atoms with Gasteiger partial charge in [-0.25, -0.2) is 4.79 Å². The van der Waals surface area contributed by atoms with Crippen LogP contribution in [0.2, 0.25) is 0 Å². The minimum atomic E-state index is -0.784. The third-order valence-corrected chi connectivity index (χ3v) is 6.34. The van der Waals surface area contributed by atoms with Gasteiger partial charge in [-0.3, -0.25) is 4.90 Å². The fourth-order valence-corrected chi connectivity index (χ4v) is 5.00. The number of ether oxygens (including phenoxy) is 3. The van der Waals surface area contributed by atoms with Gasteiger partial charge < -0.3 is 30.4 Å². The third-order valence-electron chi connectivity index (χ3n) is 6.34. The molecule has 4 N–H and O–H groups in total. The number of fused-ring (bicyclic) bond motifs is 3. The van der Waals surface area contributed by atoms with Crippen molar-refractivity contribution in [2.45, 2.75) is 82.3 Å². The van der Waals surface area contributed by atoms with Crippen LogP contribution in [0.3, 0.4) is 0 Å². The highest BCUT2D eigenvalue weighted by molar-refractivity contribution is 5.68. The van der Waals surface area contributed by atoms with Crippen LogP contribution in [-0.4, -0.2) is 65.6 Å². The fourth-order valence-electron chi connectivity index (χ4n) is 5.00. The summed E-state index contributed by atoms with van der Waals surface area (Å²) in [6.45, 7) is 7.27. The number of nitrogens with one attached hydrogen (secondary N) is 1. The molecule has 8 heteroatoms. The number of benzene rings is 1. The Balaban J connectivity index is 1.33. The van der Waals surface area contributed by atoms with Crippen LogP contribution in [0, 0.1) is 0 Å². The number of amides is 1. The van der Waals surface area contributed by atoms with Gasteiger partial charge in [0.25, 0.3) is 0 Å². The topological polar surface area (TPSA) is 106 Å². The molecule has 2 saturated heterocycles. The molecule has 0 saturated carbocycles. The largest absolute Gasteiger partial charge is 0.486 e. The van der Waals surface area contributed by atoms with Crippen molar-refractivity contribution < 1.29 is 24.1 Å². The Kier molecular flexibility index (Phi) is 6.32. The molecule has 3 aliphatic rings. The van der Waals surface area contributed by atoms with Gasteiger partial charge in [0.2, 0.25) is 0 Å². The van der Waals surface area contributed by atoms with Gasteiger partial charge in [-0.15, -0.1) is 0 Å². The first-order chi connectivity index (χ1) is 14.7. The van der Waals surface area contributed by atoms with E-state index < -0.39 is 17.7 Å². The second kappa shape index (κ2) is 8.84. The molecule has 3 heterocycles. The zero-order valence-corrected chi connectivity index (χ0v) is 18.7. The van der Waals surface area contributed by atoms with E-state index >= 15 is 0 Å². The molecule has 2 fully saturated rings. The van der Waals surface area contributed by atoms with E-state index in [-0.39, 0.29) is 12.1 Å². The number of hydrogen-bond acceptors (Lipinski definition) is 7. The van der Waals surface area contributed by atoms with Gasteiger partial charge in [0.05, 0.1) is 6.10 Å². The van der Waals surface area contributed by atoms with Crippen LogP contribution in [0.4, 0.5) is 4.79 Å². The van der Waals surface area contributed by atoms with Crippen molar-refractivity contribution in [3.63, 3.8) is 0 Å². The van der Waals surface area contributed by atoms with Crippen LogP contribution < -0.4 is 20.5 Å². The monoisotopic (exact) mass is 433 g/mol. The predicted molar refractivity (Wildman–Crippen MR) is 116 cm³/mol. The van der Waals surface area contributed by atoms with Gasteiger partial charge in [0.15, 0.2) is 11.5 Å². The van der Waals surface area contributed by atoms with Gasteiger partial charge in [0, 0.05) is 30.7 Å². The molecule has 172 valence electrons. The maximum absolute atomic E-state index is 12.1. The summed E-state index contributed by atoms with van der Waals surface area (Å²) in [7, 11) is 0. The highest BCUT2D eigenvalue weighted by atomic mass is 16.6. The Hall–Kier alpha value is -2.03. The highest BCUT2D eigenvalue weighted by Gasteiger charge is 2.42. The maximum atomic E-state index is 12.1. The molecule has 1 aromatic rings. The number of nitrogens with two attached hydrogens (primary N) is 1. The molecule has 2 bridgehead atoms. The standard InChI is InChI=1S/C23H35N3O5/c1-23(2,3)31-22(28)25-15-11-16-5-6-17(12-15)26(16)13-18(24)21(27)14-4-7-19-20(10-14)30-9-8-29-19/h4,7,10,15-18,21,27H,5-6,8-9,11-13,24H2,1-3H3,(H,25,28)/t15?,16-,17?,18-,21-/m1/s1.